The fraction of sp³-hybridized carbons (Fsp3) is 0.375. The highest BCUT2D eigenvalue weighted by Gasteiger charge is 2.19. The Morgan fingerprint density at radius 1 is 1.29 bits per heavy atom. The van der Waals surface area contributed by atoms with E-state index in [1.807, 2.05) is 32.9 Å². The van der Waals surface area contributed by atoms with Crippen molar-refractivity contribution < 1.29 is 4.52 Å². The summed E-state index contributed by atoms with van der Waals surface area (Å²) >= 11 is 6.33. The largest absolute Gasteiger partial charge is 0.361 e. The number of aryl methyl sites for hydroxylation is 3. The molecule has 0 N–H and O–H groups in total. The van der Waals surface area contributed by atoms with Crippen LogP contribution in [0.15, 0.2) is 22.7 Å². The second kappa shape index (κ2) is 5.19. The van der Waals surface area contributed by atoms with Crippen LogP contribution in [-0.4, -0.2) is 14.7 Å². The van der Waals surface area contributed by atoms with Gasteiger partial charge < -0.3 is 9.09 Å². The summed E-state index contributed by atoms with van der Waals surface area (Å²) in [4.78, 5) is 4.69. The summed E-state index contributed by atoms with van der Waals surface area (Å²) in [5.74, 6) is 1.72. The van der Waals surface area contributed by atoms with Crippen molar-refractivity contribution in [1.29, 1.82) is 0 Å². The number of aromatic nitrogens is 3. The quantitative estimate of drug-likeness (QED) is 0.678. The van der Waals surface area contributed by atoms with Gasteiger partial charge in [0.1, 0.15) is 11.6 Å². The highest BCUT2D eigenvalue weighted by molar-refractivity contribution is 6.20. The first-order valence-electron chi connectivity index (χ1n) is 7.00. The maximum atomic E-state index is 6.33. The van der Waals surface area contributed by atoms with E-state index in [1.54, 1.807) is 0 Å². The topological polar surface area (TPSA) is 43.9 Å². The van der Waals surface area contributed by atoms with Crippen molar-refractivity contribution >= 4 is 22.6 Å². The number of imidazole rings is 1. The average Bonchev–Trinajstić information content (AvgIpc) is 2.95. The van der Waals surface area contributed by atoms with E-state index in [-0.39, 0.29) is 5.38 Å². The Balaban J connectivity index is 2.22. The summed E-state index contributed by atoms with van der Waals surface area (Å²) in [6, 6.07) is 6.14. The van der Waals surface area contributed by atoms with Gasteiger partial charge in [-0.25, -0.2) is 4.98 Å². The molecule has 1 aromatic carbocycles. The van der Waals surface area contributed by atoms with E-state index in [2.05, 4.69) is 22.7 Å². The number of benzene rings is 1. The van der Waals surface area contributed by atoms with Crippen LogP contribution < -0.4 is 0 Å². The molecule has 0 radical (unpaired) electrons. The Morgan fingerprint density at radius 2 is 2.05 bits per heavy atom. The summed E-state index contributed by atoms with van der Waals surface area (Å²) < 4.78 is 7.45. The lowest BCUT2D eigenvalue weighted by atomic mass is 10.1. The van der Waals surface area contributed by atoms with Crippen molar-refractivity contribution in [3.63, 3.8) is 0 Å². The Bertz CT molecular complexity index is 782. The molecule has 5 heteroatoms. The van der Waals surface area contributed by atoms with Gasteiger partial charge in [0.15, 0.2) is 0 Å². The molecule has 1 atom stereocenters. The minimum atomic E-state index is -0.155. The summed E-state index contributed by atoms with van der Waals surface area (Å²) in [6.07, 6.45) is 0. The third kappa shape index (κ3) is 2.33. The Hall–Kier alpha value is -1.81. The molecule has 2 aromatic heterocycles. The molecule has 4 nitrogen and oxygen atoms in total. The third-order valence-electron chi connectivity index (χ3n) is 3.85. The molecule has 0 fully saturated rings. The van der Waals surface area contributed by atoms with Gasteiger partial charge in [-0.1, -0.05) is 17.3 Å². The van der Waals surface area contributed by atoms with E-state index in [0.717, 1.165) is 33.9 Å². The molecule has 0 saturated carbocycles. The van der Waals surface area contributed by atoms with E-state index < -0.39 is 0 Å². The van der Waals surface area contributed by atoms with Gasteiger partial charge in [-0.15, -0.1) is 11.6 Å². The number of para-hydroxylation sites is 1. The second-order valence-corrected chi connectivity index (χ2v) is 6.07. The first-order valence-corrected chi connectivity index (χ1v) is 7.44. The van der Waals surface area contributed by atoms with Gasteiger partial charge in [-0.2, -0.15) is 0 Å². The van der Waals surface area contributed by atoms with E-state index >= 15 is 0 Å². The fourth-order valence-corrected chi connectivity index (χ4v) is 2.90. The van der Waals surface area contributed by atoms with Crippen molar-refractivity contribution in [2.24, 2.45) is 0 Å². The molecule has 3 rings (SSSR count). The molecule has 0 saturated heterocycles. The number of alkyl halides is 1. The molecule has 21 heavy (non-hydrogen) atoms. The molecule has 3 aromatic rings. The highest BCUT2D eigenvalue weighted by atomic mass is 35.5. The maximum Gasteiger partial charge on any atom is 0.138 e. The molecule has 0 amide bonds. The van der Waals surface area contributed by atoms with Crippen LogP contribution in [0.1, 0.15) is 40.7 Å². The number of nitrogens with zero attached hydrogens (tertiary/aromatic N) is 3. The fourth-order valence-electron chi connectivity index (χ4n) is 2.73. The summed E-state index contributed by atoms with van der Waals surface area (Å²) in [6.45, 7) is 8.61. The van der Waals surface area contributed by atoms with E-state index in [0.29, 0.717) is 6.54 Å². The number of rotatable bonds is 3. The number of halogens is 1. The van der Waals surface area contributed by atoms with Gasteiger partial charge in [0.05, 0.1) is 28.6 Å². The van der Waals surface area contributed by atoms with Crippen molar-refractivity contribution in [2.75, 3.05) is 0 Å². The number of hydrogen-bond donors (Lipinski definition) is 0. The Morgan fingerprint density at radius 3 is 2.67 bits per heavy atom. The van der Waals surface area contributed by atoms with Gasteiger partial charge in [0, 0.05) is 5.56 Å². The minimum Gasteiger partial charge on any atom is -0.361 e. The SMILES string of the molecule is Cc1noc(C)c1Cn1c(C(C)Cl)nc2cccc(C)c21. The number of fused-ring (bicyclic) bond motifs is 1. The van der Waals surface area contributed by atoms with E-state index in [9.17, 15) is 0 Å². The first kappa shape index (κ1) is 14.1. The minimum absolute atomic E-state index is 0.155. The normalized spacial score (nSPS) is 13.0. The smallest absolute Gasteiger partial charge is 0.138 e. The van der Waals surface area contributed by atoms with Crippen LogP contribution >= 0.6 is 11.6 Å². The average molecular weight is 304 g/mol. The molecular weight excluding hydrogens is 286 g/mol. The molecule has 0 aliphatic carbocycles. The third-order valence-corrected chi connectivity index (χ3v) is 4.05. The molecule has 0 spiro atoms. The number of hydrogen-bond acceptors (Lipinski definition) is 3. The summed E-state index contributed by atoms with van der Waals surface area (Å²) in [5.41, 5.74) is 5.30. The molecule has 0 bridgehead atoms. The lowest BCUT2D eigenvalue weighted by Crippen LogP contribution is -2.07. The van der Waals surface area contributed by atoms with Crippen LogP contribution in [0.5, 0.6) is 0 Å². The van der Waals surface area contributed by atoms with Crippen LogP contribution in [0.25, 0.3) is 11.0 Å². The van der Waals surface area contributed by atoms with Gasteiger partial charge in [-0.3, -0.25) is 0 Å². The zero-order valence-corrected chi connectivity index (χ0v) is 13.4. The predicted molar refractivity (Wildman–Crippen MR) is 83.8 cm³/mol. The van der Waals surface area contributed by atoms with E-state index in [4.69, 9.17) is 21.1 Å². The standard InChI is InChI=1S/C16H18ClN3O/c1-9-6-5-7-14-15(9)20(16(18-14)10(2)17)8-13-11(3)19-21-12(13)4/h5-7,10H,8H2,1-4H3. The molecule has 0 aliphatic heterocycles. The maximum absolute atomic E-state index is 6.33. The monoisotopic (exact) mass is 303 g/mol. The van der Waals surface area contributed by atoms with Gasteiger partial charge >= 0.3 is 0 Å². The molecule has 2 heterocycles. The Kier molecular flexibility index (Phi) is 3.49. The van der Waals surface area contributed by atoms with Crippen LogP contribution in [-0.2, 0) is 6.54 Å². The molecule has 1 unspecified atom stereocenters. The van der Waals surface area contributed by atoms with Gasteiger partial charge in [-0.05, 0) is 39.3 Å². The van der Waals surface area contributed by atoms with Crippen LogP contribution in [0.2, 0.25) is 0 Å². The van der Waals surface area contributed by atoms with E-state index in [1.165, 1.54) is 5.56 Å². The van der Waals surface area contributed by atoms with Crippen molar-refractivity contribution in [3.8, 4) is 0 Å². The summed E-state index contributed by atoms with van der Waals surface area (Å²) in [7, 11) is 0. The summed E-state index contributed by atoms with van der Waals surface area (Å²) in [5, 5.41) is 3.88. The molecule has 0 aliphatic rings. The first-order chi connectivity index (χ1) is 9.99. The Labute approximate surface area is 128 Å². The van der Waals surface area contributed by atoms with Crippen LogP contribution in [0.4, 0.5) is 0 Å². The zero-order valence-electron chi connectivity index (χ0n) is 12.6. The second-order valence-electron chi connectivity index (χ2n) is 5.42. The van der Waals surface area contributed by atoms with Crippen molar-refractivity contribution in [3.05, 3.63) is 46.6 Å². The zero-order chi connectivity index (χ0) is 15.1. The van der Waals surface area contributed by atoms with Crippen LogP contribution in [0, 0.1) is 20.8 Å². The van der Waals surface area contributed by atoms with Crippen molar-refractivity contribution in [2.45, 2.75) is 39.6 Å². The molecular formula is C16H18ClN3O. The van der Waals surface area contributed by atoms with Crippen LogP contribution in [0.3, 0.4) is 0 Å². The highest BCUT2D eigenvalue weighted by Crippen LogP contribution is 2.28. The lowest BCUT2D eigenvalue weighted by Gasteiger charge is -2.11. The molecule has 110 valence electrons. The van der Waals surface area contributed by atoms with Gasteiger partial charge in [0.25, 0.3) is 0 Å². The van der Waals surface area contributed by atoms with Gasteiger partial charge in [0.2, 0.25) is 0 Å². The van der Waals surface area contributed by atoms with Crippen molar-refractivity contribution in [1.82, 2.24) is 14.7 Å². The predicted octanol–water partition coefficient (Wildman–Crippen LogP) is 4.30. The lowest BCUT2D eigenvalue weighted by molar-refractivity contribution is 0.392.